The van der Waals surface area contributed by atoms with Crippen molar-refractivity contribution in [2.24, 2.45) is 0 Å². The normalized spacial score (nSPS) is 16.0. The molecule has 1 saturated heterocycles. The fourth-order valence-corrected chi connectivity index (χ4v) is 2.95. The summed E-state index contributed by atoms with van der Waals surface area (Å²) < 4.78 is 21.6. The highest BCUT2D eigenvalue weighted by Crippen LogP contribution is 2.42. The van der Waals surface area contributed by atoms with Crippen molar-refractivity contribution in [1.82, 2.24) is 9.88 Å². The summed E-state index contributed by atoms with van der Waals surface area (Å²) in [6.07, 6.45) is 1.63. The summed E-state index contributed by atoms with van der Waals surface area (Å²) in [6, 6.07) is 7.10. The zero-order valence-electron chi connectivity index (χ0n) is 13.9. The topological polar surface area (TPSA) is 70.1 Å². The highest BCUT2D eigenvalue weighted by molar-refractivity contribution is 5.95. The van der Waals surface area contributed by atoms with Crippen molar-refractivity contribution < 1.29 is 23.7 Å². The van der Waals surface area contributed by atoms with Gasteiger partial charge in [0.1, 0.15) is 5.75 Å². The maximum absolute atomic E-state index is 12.7. The summed E-state index contributed by atoms with van der Waals surface area (Å²) in [5.41, 5.74) is 1.99. The Balaban J connectivity index is 1.69. The third kappa shape index (κ3) is 2.98. The molecule has 25 heavy (non-hydrogen) atoms. The van der Waals surface area contributed by atoms with Crippen molar-refractivity contribution in [1.29, 1.82) is 0 Å². The molecule has 4 rings (SSSR count). The van der Waals surface area contributed by atoms with Gasteiger partial charge in [0.05, 0.1) is 26.0 Å². The minimum Gasteiger partial charge on any atom is -0.496 e. The molecule has 2 aliphatic rings. The van der Waals surface area contributed by atoms with E-state index in [0.717, 1.165) is 5.56 Å². The first kappa shape index (κ1) is 15.7. The summed E-state index contributed by atoms with van der Waals surface area (Å²) in [4.78, 5) is 18.9. The number of carbonyl (C=O) groups is 1. The van der Waals surface area contributed by atoms with Crippen LogP contribution >= 0.6 is 0 Å². The van der Waals surface area contributed by atoms with Crippen molar-refractivity contribution in [2.75, 3.05) is 40.2 Å². The molecule has 0 unspecified atom stereocenters. The number of hydrogen-bond donors (Lipinski definition) is 0. The second kappa shape index (κ2) is 6.60. The Hall–Kier alpha value is -2.80. The molecule has 3 heterocycles. The van der Waals surface area contributed by atoms with Gasteiger partial charge in [0.2, 0.25) is 6.79 Å². The molecule has 2 aromatic rings. The van der Waals surface area contributed by atoms with E-state index in [1.807, 2.05) is 6.07 Å². The van der Waals surface area contributed by atoms with Gasteiger partial charge in [-0.05, 0) is 18.2 Å². The molecule has 1 fully saturated rings. The number of morpholine rings is 1. The molecule has 7 nitrogen and oxygen atoms in total. The number of carbonyl (C=O) groups excluding carboxylic acids is 1. The first-order valence-electron chi connectivity index (χ1n) is 8.07. The molecule has 7 heteroatoms. The molecule has 1 aromatic heterocycles. The SMILES string of the molecule is COc1cc2c(cc1-c1cc(C(=O)N3CCOCC3)ccn1)OCO2. The van der Waals surface area contributed by atoms with E-state index in [2.05, 4.69) is 4.98 Å². The van der Waals surface area contributed by atoms with E-state index in [9.17, 15) is 4.79 Å². The number of methoxy groups -OCH3 is 1. The number of fused-ring (bicyclic) bond motifs is 1. The van der Waals surface area contributed by atoms with Gasteiger partial charge in [-0.25, -0.2) is 0 Å². The molecule has 0 radical (unpaired) electrons. The fourth-order valence-electron chi connectivity index (χ4n) is 2.95. The average molecular weight is 342 g/mol. The van der Waals surface area contributed by atoms with E-state index in [4.69, 9.17) is 18.9 Å². The summed E-state index contributed by atoms with van der Waals surface area (Å²) in [6.45, 7) is 2.53. The Morgan fingerprint density at radius 1 is 1.16 bits per heavy atom. The van der Waals surface area contributed by atoms with Gasteiger partial charge in [-0.15, -0.1) is 0 Å². The van der Waals surface area contributed by atoms with Crippen molar-refractivity contribution in [3.63, 3.8) is 0 Å². The molecule has 0 atom stereocenters. The van der Waals surface area contributed by atoms with Gasteiger partial charge >= 0.3 is 0 Å². The lowest BCUT2D eigenvalue weighted by Crippen LogP contribution is -2.40. The van der Waals surface area contributed by atoms with Gasteiger partial charge in [-0.1, -0.05) is 0 Å². The van der Waals surface area contributed by atoms with Crippen LogP contribution in [-0.4, -0.2) is 56.0 Å². The highest BCUT2D eigenvalue weighted by Gasteiger charge is 2.22. The van der Waals surface area contributed by atoms with Crippen molar-refractivity contribution in [2.45, 2.75) is 0 Å². The number of nitrogens with zero attached hydrogens (tertiary/aromatic N) is 2. The maximum atomic E-state index is 12.7. The molecule has 1 amide bonds. The van der Waals surface area contributed by atoms with Gasteiger partial charge < -0.3 is 23.8 Å². The molecule has 0 aliphatic carbocycles. The average Bonchev–Trinajstić information content (AvgIpc) is 3.14. The smallest absolute Gasteiger partial charge is 0.254 e. The van der Waals surface area contributed by atoms with Gasteiger partial charge in [-0.3, -0.25) is 9.78 Å². The summed E-state index contributed by atoms with van der Waals surface area (Å²) in [5.74, 6) is 1.88. The quantitative estimate of drug-likeness (QED) is 0.849. The second-order valence-electron chi connectivity index (χ2n) is 5.74. The van der Waals surface area contributed by atoms with Crippen molar-refractivity contribution in [3.05, 3.63) is 36.0 Å². The maximum Gasteiger partial charge on any atom is 0.254 e. The predicted molar refractivity (Wildman–Crippen MR) is 89.1 cm³/mol. The third-order valence-electron chi connectivity index (χ3n) is 4.28. The first-order chi connectivity index (χ1) is 12.3. The standard InChI is InChI=1S/C18H18N2O5/c1-22-15-10-17-16(24-11-25-17)9-13(15)14-8-12(2-3-19-14)18(21)20-4-6-23-7-5-20/h2-3,8-10H,4-7,11H2,1H3. The number of amides is 1. The largest absolute Gasteiger partial charge is 0.496 e. The number of benzene rings is 1. The number of ether oxygens (including phenoxy) is 4. The molecule has 2 aliphatic heterocycles. The number of rotatable bonds is 3. The number of aromatic nitrogens is 1. The summed E-state index contributed by atoms with van der Waals surface area (Å²) in [7, 11) is 1.59. The van der Waals surface area contributed by atoms with Crippen LogP contribution in [0.1, 0.15) is 10.4 Å². The Labute approximate surface area is 145 Å². The lowest BCUT2D eigenvalue weighted by molar-refractivity contribution is 0.0303. The molecule has 130 valence electrons. The number of hydrogen-bond acceptors (Lipinski definition) is 6. The lowest BCUT2D eigenvalue weighted by Gasteiger charge is -2.27. The van der Waals surface area contributed by atoms with Crippen LogP contribution in [0.5, 0.6) is 17.2 Å². The van der Waals surface area contributed by atoms with E-state index < -0.39 is 0 Å². The van der Waals surface area contributed by atoms with E-state index >= 15 is 0 Å². The molecule has 0 bridgehead atoms. The van der Waals surface area contributed by atoms with E-state index in [1.165, 1.54) is 0 Å². The van der Waals surface area contributed by atoms with Crippen LogP contribution in [0.3, 0.4) is 0 Å². The zero-order chi connectivity index (χ0) is 17.2. The fraction of sp³-hybridized carbons (Fsp3) is 0.333. The van der Waals surface area contributed by atoms with E-state index in [-0.39, 0.29) is 12.7 Å². The van der Waals surface area contributed by atoms with Crippen molar-refractivity contribution >= 4 is 5.91 Å². The molecule has 0 N–H and O–H groups in total. The van der Waals surface area contributed by atoms with E-state index in [1.54, 1.807) is 36.4 Å². The van der Waals surface area contributed by atoms with Crippen LogP contribution in [0.4, 0.5) is 0 Å². The third-order valence-corrected chi connectivity index (χ3v) is 4.28. The Morgan fingerprint density at radius 2 is 1.92 bits per heavy atom. The van der Waals surface area contributed by atoms with Crippen LogP contribution in [0, 0.1) is 0 Å². The van der Waals surface area contributed by atoms with Gasteiger partial charge in [0.25, 0.3) is 5.91 Å². The molecular formula is C18H18N2O5. The van der Waals surface area contributed by atoms with Crippen LogP contribution in [0.15, 0.2) is 30.5 Å². The Bertz CT molecular complexity index is 802. The molecule has 0 saturated carbocycles. The van der Waals surface area contributed by atoms with Gasteiger partial charge in [0, 0.05) is 36.5 Å². The number of pyridine rings is 1. The second-order valence-corrected chi connectivity index (χ2v) is 5.74. The van der Waals surface area contributed by atoms with Crippen LogP contribution < -0.4 is 14.2 Å². The lowest BCUT2D eigenvalue weighted by atomic mass is 10.1. The van der Waals surface area contributed by atoms with Gasteiger partial charge in [-0.2, -0.15) is 0 Å². The monoisotopic (exact) mass is 342 g/mol. The Morgan fingerprint density at radius 3 is 2.68 bits per heavy atom. The highest BCUT2D eigenvalue weighted by atomic mass is 16.7. The Kier molecular flexibility index (Phi) is 4.15. The van der Waals surface area contributed by atoms with Crippen LogP contribution in [0.25, 0.3) is 11.3 Å². The van der Waals surface area contributed by atoms with Crippen LogP contribution in [-0.2, 0) is 4.74 Å². The van der Waals surface area contributed by atoms with E-state index in [0.29, 0.717) is 54.8 Å². The van der Waals surface area contributed by atoms with Gasteiger partial charge in [0.15, 0.2) is 11.5 Å². The molecular weight excluding hydrogens is 324 g/mol. The predicted octanol–water partition coefficient (Wildman–Crippen LogP) is 1.96. The van der Waals surface area contributed by atoms with Crippen molar-refractivity contribution in [3.8, 4) is 28.5 Å². The van der Waals surface area contributed by atoms with Crippen LogP contribution in [0.2, 0.25) is 0 Å². The molecule has 0 spiro atoms. The molecule has 1 aromatic carbocycles. The summed E-state index contributed by atoms with van der Waals surface area (Å²) in [5, 5.41) is 0. The first-order valence-corrected chi connectivity index (χ1v) is 8.07. The zero-order valence-corrected chi connectivity index (χ0v) is 13.9. The minimum absolute atomic E-state index is 0.0216. The minimum atomic E-state index is -0.0216. The summed E-state index contributed by atoms with van der Waals surface area (Å²) >= 11 is 0.